The van der Waals surface area contributed by atoms with Gasteiger partial charge in [0.2, 0.25) is 0 Å². The lowest BCUT2D eigenvalue weighted by atomic mass is 9.68. The molecule has 0 bridgehead atoms. The van der Waals surface area contributed by atoms with Crippen LogP contribution >= 0.6 is 0 Å². The van der Waals surface area contributed by atoms with Gasteiger partial charge in [-0.3, -0.25) is 0 Å². The van der Waals surface area contributed by atoms with Crippen molar-refractivity contribution in [2.75, 3.05) is 4.90 Å². The highest BCUT2D eigenvalue weighted by molar-refractivity contribution is 5.97. The molecule has 4 aliphatic rings. The van der Waals surface area contributed by atoms with Gasteiger partial charge in [0.25, 0.3) is 0 Å². The van der Waals surface area contributed by atoms with Crippen molar-refractivity contribution in [1.29, 1.82) is 0 Å². The van der Waals surface area contributed by atoms with E-state index in [1.165, 1.54) is 138 Å². The summed E-state index contributed by atoms with van der Waals surface area (Å²) < 4.78 is 0. The van der Waals surface area contributed by atoms with Crippen LogP contribution in [0.15, 0.2) is 170 Å². The maximum Gasteiger partial charge on any atom is 0.0726 e. The number of anilines is 3. The quantitative estimate of drug-likeness (QED) is 0.167. The van der Waals surface area contributed by atoms with E-state index in [-0.39, 0.29) is 16.2 Å². The van der Waals surface area contributed by atoms with E-state index in [2.05, 4.69) is 230 Å². The van der Waals surface area contributed by atoms with Crippen molar-refractivity contribution in [3.63, 3.8) is 0 Å². The maximum absolute atomic E-state index is 2.57. The van der Waals surface area contributed by atoms with Crippen molar-refractivity contribution in [1.82, 2.24) is 0 Å². The van der Waals surface area contributed by atoms with Crippen LogP contribution in [0.25, 0.3) is 44.5 Å². The summed E-state index contributed by atoms with van der Waals surface area (Å²) in [6.07, 6.45) is 6.59. The summed E-state index contributed by atoms with van der Waals surface area (Å²) in [4.78, 5) is 2.54. The Balaban J connectivity index is 1.09. The van der Waals surface area contributed by atoms with Gasteiger partial charge < -0.3 is 4.90 Å². The number of hydrogen-bond acceptors (Lipinski definition) is 1. The normalized spacial score (nSPS) is 16.2. The molecule has 0 heterocycles. The first-order valence-corrected chi connectivity index (χ1v) is 25.0. The summed E-state index contributed by atoms with van der Waals surface area (Å²) in [6, 6.07) is 66.4. The minimum Gasteiger partial charge on any atom is -0.310 e. The first-order chi connectivity index (χ1) is 32.2. The second kappa shape index (κ2) is 15.0. The summed E-state index contributed by atoms with van der Waals surface area (Å²) in [5.41, 5.74) is 26.1. The van der Waals surface area contributed by atoms with Crippen LogP contribution in [-0.2, 0) is 21.7 Å². The third-order valence-electron chi connectivity index (χ3n) is 16.4. The van der Waals surface area contributed by atoms with Crippen LogP contribution in [0.1, 0.15) is 143 Å². The molecule has 1 spiro atoms. The molecule has 0 amide bonds. The molecule has 12 rings (SSSR count). The first kappa shape index (κ1) is 42.0. The molecular weight excluding hydrogens is 807 g/mol. The van der Waals surface area contributed by atoms with E-state index in [1.807, 2.05) is 0 Å². The van der Waals surface area contributed by atoms with Crippen molar-refractivity contribution < 1.29 is 0 Å². The molecular formula is C66H63N. The molecule has 0 saturated heterocycles. The van der Waals surface area contributed by atoms with Crippen LogP contribution in [0, 0.1) is 0 Å². The molecule has 0 N–H and O–H groups in total. The minimum atomic E-state index is -0.491. The number of benzene rings is 8. The van der Waals surface area contributed by atoms with Crippen molar-refractivity contribution in [3.8, 4) is 44.5 Å². The molecule has 4 aliphatic carbocycles. The Hall–Kier alpha value is -6.44. The SMILES string of the molecule is CC(C)(C)c1ccc2c(c1)C1(c3ccccc3-c3ccc(N(c4ccc(-c5ccccc5C5CCCCC5)cc4)c4ccc5c(c4)C(C)(C)c4ccccc4-5)cc31)c1cc(C(C)(C)C)ccc1-2. The average Bonchev–Trinajstić information content (AvgIpc) is 3.89. The molecule has 1 fully saturated rings. The Bertz CT molecular complexity index is 3200. The fourth-order valence-corrected chi connectivity index (χ4v) is 12.8. The topological polar surface area (TPSA) is 3.24 Å². The molecule has 0 atom stereocenters. The third-order valence-corrected chi connectivity index (χ3v) is 16.4. The van der Waals surface area contributed by atoms with Gasteiger partial charge in [0.15, 0.2) is 0 Å². The van der Waals surface area contributed by atoms with E-state index < -0.39 is 5.41 Å². The van der Waals surface area contributed by atoms with Crippen molar-refractivity contribution in [2.24, 2.45) is 0 Å². The van der Waals surface area contributed by atoms with Gasteiger partial charge in [0, 0.05) is 22.5 Å². The molecule has 8 aromatic rings. The Morgan fingerprint density at radius 2 is 0.821 bits per heavy atom. The fourth-order valence-electron chi connectivity index (χ4n) is 12.8. The van der Waals surface area contributed by atoms with Gasteiger partial charge >= 0.3 is 0 Å². The lowest BCUT2D eigenvalue weighted by Gasteiger charge is -2.34. The molecule has 1 saturated carbocycles. The Morgan fingerprint density at radius 1 is 0.388 bits per heavy atom. The largest absolute Gasteiger partial charge is 0.310 e. The number of fused-ring (bicyclic) bond motifs is 13. The smallest absolute Gasteiger partial charge is 0.0726 e. The third kappa shape index (κ3) is 6.33. The van der Waals surface area contributed by atoms with E-state index >= 15 is 0 Å². The average molecular weight is 870 g/mol. The van der Waals surface area contributed by atoms with Crippen LogP contribution in [0.4, 0.5) is 17.1 Å². The fraction of sp³-hybridized carbons (Fsp3) is 0.273. The van der Waals surface area contributed by atoms with Crippen LogP contribution in [0.5, 0.6) is 0 Å². The van der Waals surface area contributed by atoms with Crippen LogP contribution in [0.3, 0.4) is 0 Å². The highest BCUT2D eigenvalue weighted by atomic mass is 15.1. The minimum absolute atomic E-state index is 0.00868. The molecule has 67 heavy (non-hydrogen) atoms. The number of hydrogen-bond donors (Lipinski definition) is 0. The molecule has 1 heteroatoms. The molecule has 0 radical (unpaired) electrons. The zero-order valence-electron chi connectivity index (χ0n) is 40.7. The summed E-state index contributed by atoms with van der Waals surface area (Å²) in [5.74, 6) is 0.632. The van der Waals surface area contributed by atoms with Gasteiger partial charge in [-0.25, -0.2) is 0 Å². The van der Waals surface area contributed by atoms with Gasteiger partial charge in [-0.1, -0.05) is 208 Å². The number of rotatable bonds is 5. The zero-order chi connectivity index (χ0) is 46.0. The summed E-state index contributed by atoms with van der Waals surface area (Å²) in [5, 5.41) is 0. The van der Waals surface area contributed by atoms with Crippen LogP contribution in [0.2, 0.25) is 0 Å². The summed E-state index contributed by atoms with van der Waals surface area (Å²) in [6.45, 7) is 18.9. The second-order valence-corrected chi connectivity index (χ2v) is 22.8. The molecule has 0 aliphatic heterocycles. The summed E-state index contributed by atoms with van der Waals surface area (Å²) >= 11 is 0. The van der Waals surface area contributed by atoms with E-state index in [1.54, 1.807) is 0 Å². The maximum atomic E-state index is 2.57. The van der Waals surface area contributed by atoms with Gasteiger partial charge in [0.1, 0.15) is 0 Å². The van der Waals surface area contributed by atoms with Crippen molar-refractivity contribution >= 4 is 17.1 Å². The standard InChI is InChI=1S/C66H63N/c1-63(2,3)44-28-34-54-55-35-29-45(64(4,5)6)39-61(55)66(60(54)38-44)58-25-17-15-23-52(58)56-37-33-48(41-62(56)66)67(47-32-36-53-51-22-14-16-24-57(51)65(7,8)59(53)40-47)46-30-26-43(27-31-46)50-21-13-12-20-49(50)42-18-10-9-11-19-42/h12-17,20-42H,9-11,18-19H2,1-8H3. The summed E-state index contributed by atoms with van der Waals surface area (Å²) in [7, 11) is 0. The predicted octanol–water partition coefficient (Wildman–Crippen LogP) is 18.1. The number of nitrogens with zero attached hydrogens (tertiary/aromatic N) is 1. The molecule has 0 unspecified atom stereocenters. The Labute approximate surface area is 399 Å². The van der Waals surface area contributed by atoms with Gasteiger partial charge in [-0.05, 0) is 161 Å². The zero-order valence-corrected chi connectivity index (χ0v) is 40.7. The molecule has 1 nitrogen and oxygen atoms in total. The van der Waals surface area contributed by atoms with Gasteiger partial charge in [0.05, 0.1) is 5.41 Å². The van der Waals surface area contributed by atoms with E-state index in [0.29, 0.717) is 5.92 Å². The second-order valence-electron chi connectivity index (χ2n) is 22.8. The van der Waals surface area contributed by atoms with Gasteiger partial charge in [-0.2, -0.15) is 0 Å². The Morgan fingerprint density at radius 3 is 1.40 bits per heavy atom. The van der Waals surface area contributed by atoms with Crippen LogP contribution < -0.4 is 4.90 Å². The van der Waals surface area contributed by atoms with E-state index in [4.69, 9.17) is 0 Å². The molecule has 0 aromatic heterocycles. The van der Waals surface area contributed by atoms with Crippen molar-refractivity contribution in [3.05, 3.63) is 220 Å². The highest BCUT2D eigenvalue weighted by Gasteiger charge is 2.52. The highest BCUT2D eigenvalue weighted by Crippen LogP contribution is 2.64. The lowest BCUT2D eigenvalue weighted by molar-refractivity contribution is 0.444. The lowest BCUT2D eigenvalue weighted by Crippen LogP contribution is -2.27. The first-order valence-electron chi connectivity index (χ1n) is 25.0. The predicted molar refractivity (Wildman–Crippen MR) is 284 cm³/mol. The molecule has 332 valence electrons. The molecule has 8 aromatic carbocycles. The van der Waals surface area contributed by atoms with Crippen molar-refractivity contribution in [2.45, 2.75) is 115 Å². The Kier molecular flexibility index (Phi) is 9.41. The van der Waals surface area contributed by atoms with E-state index in [9.17, 15) is 0 Å². The van der Waals surface area contributed by atoms with Crippen LogP contribution in [-0.4, -0.2) is 0 Å². The van der Waals surface area contributed by atoms with Gasteiger partial charge in [-0.15, -0.1) is 0 Å². The van der Waals surface area contributed by atoms with E-state index in [0.717, 1.165) is 5.69 Å². The monoisotopic (exact) mass is 869 g/mol.